The van der Waals surface area contributed by atoms with Crippen LogP contribution in [0.15, 0.2) is 12.1 Å². The molecule has 1 amide bonds. The van der Waals surface area contributed by atoms with Crippen molar-refractivity contribution in [3.05, 3.63) is 22.7 Å². The number of aliphatic carboxylic acids is 1. The number of carbonyl (C=O) groups excluding carboxylic acids is 1. The molecule has 1 aliphatic carbocycles. The molecule has 1 fully saturated rings. The average Bonchev–Trinajstić information content (AvgIpc) is 3.29. The molecule has 0 saturated heterocycles. The molecule has 0 aromatic heterocycles. The molecule has 2 aliphatic rings. The maximum Gasteiger partial charge on any atom is 0.326 e. The molecule has 1 aromatic rings. The first kappa shape index (κ1) is 15.0. The maximum atomic E-state index is 12.0. The van der Waals surface area contributed by atoms with Crippen LogP contribution in [0.25, 0.3) is 0 Å². The lowest BCUT2D eigenvalue weighted by atomic mass is 10.1. The quantitative estimate of drug-likeness (QED) is 0.859. The fraction of sp³-hybridized carbons (Fsp3) is 0.467. The number of ether oxygens (including phenoxy) is 2. The Morgan fingerprint density at radius 3 is 2.73 bits per heavy atom. The molecule has 1 aromatic carbocycles. The van der Waals surface area contributed by atoms with Crippen molar-refractivity contribution in [1.29, 1.82) is 0 Å². The van der Waals surface area contributed by atoms with Crippen LogP contribution < -0.4 is 14.8 Å². The topological polar surface area (TPSA) is 84.9 Å². The summed E-state index contributed by atoms with van der Waals surface area (Å²) in [6.45, 7) is 0.871. The van der Waals surface area contributed by atoms with Crippen LogP contribution in [0, 0.1) is 5.92 Å². The third kappa shape index (κ3) is 3.27. The van der Waals surface area contributed by atoms with Crippen LogP contribution >= 0.6 is 11.6 Å². The van der Waals surface area contributed by atoms with E-state index in [4.69, 9.17) is 26.2 Å². The summed E-state index contributed by atoms with van der Waals surface area (Å²) < 4.78 is 10.9. The number of amides is 1. The molecule has 0 bridgehead atoms. The van der Waals surface area contributed by atoms with E-state index in [2.05, 4.69) is 5.32 Å². The summed E-state index contributed by atoms with van der Waals surface area (Å²) in [4.78, 5) is 23.2. The van der Waals surface area contributed by atoms with Gasteiger partial charge in [0.25, 0.3) is 0 Å². The van der Waals surface area contributed by atoms with Crippen LogP contribution in [0.5, 0.6) is 11.5 Å². The Hall–Kier alpha value is -1.95. The standard InChI is InChI=1S/C15H16ClNO5/c16-10-5-8(6-11-14(10)22-4-3-21-11)7-12(18)17-13(15(19)20)9-1-2-9/h5-6,9,13H,1-4,7H2,(H,17,18)(H,19,20). The lowest BCUT2D eigenvalue weighted by molar-refractivity contribution is -0.142. The lowest BCUT2D eigenvalue weighted by Crippen LogP contribution is -2.43. The number of rotatable bonds is 5. The highest BCUT2D eigenvalue weighted by Gasteiger charge is 2.37. The number of benzene rings is 1. The van der Waals surface area contributed by atoms with Crippen molar-refractivity contribution in [2.45, 2.75) is 25.3 Å². The highest BCUT2D eigenvalue weighted by molar-refractivity contribution is 6.32. The Kier molecular flexibility index (Phi) is 4.11. The van der Waals surface area contributed by atoms with Crippen molar-refractivity contribution < 1.29 is 24.2 Å². The summed E-state index contributed by atoms with van der Waals surface area (Å²) in [5, 5.41) is 12.1. The van der Waals surface area contributed by atoms with Crippen molar-refractivity contribution in [3.8, 4) is 11.5 Å². The first-order chi connectivity index (χ1) is 10.5. The predicted octanol–water partition coefficient (Wildman–Crippen LogP) is 1.63. The molecule has 1 saturated carbocycles. The molecule has 22 heavy (non-hydrogen) atoms. The van der Waals surface area contributed by atoms with Gasteiger partial charge in [0.15, 0.2) is 11.5 Å². The van der Waals surface area contributed by atoms with Crippen molar-refractivity contribution in [2.24, 2.45) is 5.92 Å². The number of carboxylic acids is 1. The van der Waals surface area contributed by atoms with Gasteiger partial charge in [-0.25, -0.2) is 4.79 Å². The number of hydrogen-bond acceptors (Lipinski definition) is 4. The van der Waals surface area contributed by atoms with Crippen molar-refractivity contribution in [2.75, 3.05) is 13.2 Å². The van der Waals surface area contributed by atoms with Gasteiger partial charge in [-0.3, -0.25) is 4.79 Å². The van der Waals surface area contributed by atoms with Gasteiger partial charge in [-0.1, -0.05) is 11.6 Å². The van der Waals surface area contributed by atoms with Crippen LogP contribution in [0.2, 0.25) is 5.02 Å². The predicted molar refractivity (Wildman–Crippen MR) is 78.4 cm³/mol. The fourth-order valence-corrected chi connectivity index (χ4v) is 2.77. The number of hydrogen-bond donors (Lipinski definition) is 2. The Bertz CT molecular complexity index is 614. The van der Waals surface area contributed by atoms with E-state index in [1.807, 2.05) is 0 Å². The molecule has 6 nitrogen and oxygen atoms in total. The minimum absolute atomic E-state index is 0.0466. The largest absolute Gasteiger partial charge is 0.486 e. The highest BCUT2D eigenvalue weighted by Crippen LogP contribution is 2.38. The zero-order chi connectivity index (χ0) is 15.7. The van der Waals surface area contributed by atoms with Gasteiger partial charge in [-0.05, 0) is 36.5 Å². The van der Waals surface area contributed by atoms with Gasteiger partial charge in [0.2, 0.25) is 5.91 Å². The summed E-state index contributed by atoms with van der Waals surface area (Å²) in [7, 11) is 0. The molecule has 0 spiro atoms. The Labute approximate surface area is 132 Å². The first-order valence-electron chi connectivity index (χ1n) is 7.15. The zero-order valence-electron chi connectivity index (χ0n) is 11.8. The SMILES string of the molecule is O=C(Cc1cc(Cl)c2c(c1)OCCO2)NC(C(=O)O)C1CC1. The molecule has 118 valence electrons. The summed E-state index contributed by atoms with van der Waals surface area (Å²) in [5.41, 5.74) is 0.659. The van der Waals surface area contributed by atoms with Crippen molar-refractivity contribution in [1.82, 2.24) is 5.32 Å². The second-order valence-corrected chi connectivity index (χ2v) is 5.91. The third-order valence-corrected chi connectivity index (χ3v) is 3.98. The van der Waals surface area contributed by atoms with Gasteiger partial charge < -0.3 is 19.9 Å². The highest BCUT2D eigenvalue weighted by atomic mass is 35.5. The van der Waals surface area contributed by atoms with E-state index in [-0.39, 0.29) is 18.2 Å². The number of fused-ring (bicyclic) bond motifs is 1. The number of carboxylic acid groups (broad SMARTS) is 1. The number of halogens is 1. The third-order valence-electron chi connectivity index (χ3n) is 3.70. The fourth-order valence-electron chi connectivity index (χ4n) is 2.49. The van der Waals surface area contributed by atoms with Crippen LogP contribution in [0.1, 0.15) is 18.4 Å². The Morgan fingerprint density at radius 2 is 2.05 bits per heavy atom. The lowest BCUT2D eigenvalue weighted by Gasteiger charge is -2.20. The summed E-state index contributed by atoms with van der Waals surface area (Å²) in [6.07, 6.45) is 1.73. The van der Waals surface area contributed by atoms with Gasteiger partial charge in [0, 0.05) is 0 Å². The molecule has 1 atom stereocenters. The average molecular weight is 326 g/mol. The summed E-state index contributed by atoms with van der Waals surface area (Å²) in [6, 6.07) is 2.54. The Balaban J connectivity index is 1.68. The molecule has 1 heterocycles. The van der Waals surface area contributed by atoms with Gasteiger partial charge in [-0.15, -0.1) is 0 Å². The molecule has 1 aliphatic heterocycles. The summed E-state index contributed by atoms with van der Waals surface area (Å²) in [5.74, 6) is -0.287. The Morgan fingerprint density at radius 1 is 1.32 bits per heavy atom. The van der Waals surface area contributed by atoms with Crippen molar-refractivity contribution >= 4 is 23.5 Å². The van der Waals surface area contributed by atoms with E-state index in [0.29, 0.717) is 35.3 Å². The van der Waals surface area contributed by atoms with E-state index in [1.165, 1.54) is 0 Å². The molecule has 0 radical (unpaired) electrons. The van der Waals surface area contributed by atoms with E-state index < -0.39 is 12.0 Å². The monoisotopic (exact) mass is 325 g/mol. The van der Waals surface area contributed by atoms with Gasteiger partial charge in [-0.2, -0.15) is 0 Å². The molecule has 1 unspecified atom stereocenters. The van der Waals surface area contributed by atoms with Crippen LogP contribution in [-0.4, -0.2) is 36.2 Å². The van der Waals surface area contributed by atoms with Gasteiger partial charge in [0.1, 0.15) is 19.3 Å². The van der Waals surface area contributed by atoms with Gasteiger partial charge in [0.05, 0.1) is 11.4 Å². The van der Waals surface area contributed by atoms with E-state index in [1.54, 1.807) is 12.1 Å². The van der Waals surface area contributed by atoms with E-state index in [9.17, 15) is 9.59 Å². The van der Waals surface area contributed by atoms with Gasteiger partial charge >= 0.3 is 5.97 Å². The van der Waals surface area contributed by atoms with Crippen LogP contribution in [0.3, 0.4) is 0 Å². The molecule has 7 heteroatoms. The second-order valence-electron chi connectivity index (χ2n) is 5.50. The minimum atomic E-state index is -0.990. The van der Waals surface area contributed by atoms with Crippen LogP contribution in [-0.2, 0) is 16.0 Å². The molecule has 3 rings (SSSR count). The summed E-state index contributed by atoms with van der Waals surface area (Å²) >= 11 is 6.12. The van der Waals surface area contributed by atoms with E-state index in [0.717, 1.165) is 12.8 Å². The maximum absolute atomic E-state index is 12.0. The molecule has 2 N–H and O–H groups in total. The first-order valence-corrected chi connectivity index (χ1v) is 7.52. The van der Waals surface area contributed by atoms with Crippen molar-refractivity contribution in [3.63, 3.8) is 0 Å². The zero-order valence-corrected chi connectivity index (χ0v) is 12.6. The second kappa shape index (κ2) is 6.04. The van der Waals surface area contributed by atoms with Crippen LogP contribution in [0.4, 0.5) is 0 Å². The van der Waals surface area contributed by atoms with E-state index >= 15 is 0 Å². The molecular formula is C15H16ClNO5. The number of carbonyl (C=O) groups is 2. The smallest absolute Gasteiger partial charge is 0.326 e. The molecular weight excluding hydrogens is 310 g/mol. The minimum Gasteiger partial charge on any atom is -0.486 e. The number of nitrogens with one attached hydrogen (secondary N) is 1. The normalized spacial score (nSPS) is 17.7.